The van der Waals surface area contributed by atoms with Crippen molar-refractivity contribution in [3.63, 3.8) is 0 Å². The number of carboxylic acid groups (broad SMARTS) is 1. The fraction of sp³-hybridized carbons (Fsp3) is 0.364. The van der Waals surface area contributed by atoms with Gasteiger partial charge in [-0.3, -0.25) is 9.59 Å². The van der Waals surface area contributed by atoms with Crippen molar-refractivity contribution in [3.8, 4) is 0 Å². The van der Waals surface area contributed by atoms with Crippen molar-refractivity contribution >= 4 is 11.9 Å². The molecule has 0 saturated heterocycles. The zero-order valence-corrected chi connectivity index (χ0v) is 9.40. The highest BCUT2D eigenvalue weighted by Crippen LogP contribution is 2.00. The summed E-state index contributed by atoms with van der Waals surface area (Å²) in [6.07, 6.45) is 2.27. The molecule has 17 heavy (non-hydrogen) atoms. The monoisotopic (exact) mass is 238 g/mol. The number of carbonyl (C=O) groups is 2. The van der Waals surface area contributed by atoms with Gasteiger partial charge < -0.3 is 15.4 Å². The van der Waals surface area contributed by atoms with Crippen LogP contribution in [-0.2, 0) is 4.79 Å². The van der Waals surface area contributed by atoms with E-state index in [1.54, 1.807) is 0 Å². The molecule has 6 nitrogen and oxygen atoms in total. The summed E-state index contributed by atoms with van der Waals surface area (Å²) in [5.41, 5.74) is -0.0863. The van der Waals surface area contributed by atoms with Crippen molar-refractivity contribution in [2.24, 2.45) is 0 Å². The van der Waals surface area contributed by atoms with Crippen LogP contribution in [0.25, 0.3) is 0 Å². The van der Waals surface area contributed by atoms with Crippen LogP contribution in [0.4, 0.5) is 0 Å². The largest absolute Gasteiger partial charge is 0.480 e. The normalized spacial score (nSPS) is 11.8. The number of hydrogen-bond acceptors (Lipinski definition) is 3. The van der Waals surface area contributed by atoms with Gasteiger partial charge in [-0.2, -0.15) is 0 Å². The molecule has 0 spiro atoms. The average Bonchev–Trinajstić information content (AvgIpc) is 2.29. The fourth-order valence-electron chi connectivity index (χ4n) is 1.34. The van der Waals surface area contributed by atoms with Gasteiger partial charge in [-0.1, -0.05) is 13.3 Å². The number of aromatic amines is 1. The van der Waals surface area contributed by atoms with Crippen LogP contribution in [0.5, 0.6) is 0 Å². The van der Waals surface area contributed by atoms with Crippen LogP contribution in [0.1, 0.15) is 30.1 Å². The Bertz CT molecular complexity index is 446. The third-order valence-corrected chi connectivity index (χ3v) is 2.23. The van der Waals surface area contributed by atoms with Crippen molar-refractivity contribution in [2.45, 2.75) is 25.8 Å². The maximum absolute atomic E-state index is 11.6. The molecule has 0 aromatic carbocycles. The molecule has 1 rings (SSSR count). The van der Waals surface area contributed by atoms with Gasteiger partial charge >= 0.3 is 5.97 Å². The lowest BCUT2D eigenvalue weighted by Gasteiger charge is -2.13. The summed E-state index contributed by atoms with van der Waals surface area (Å²) in [6.45, 7) is 1.84. The van der Waals surface area contributed by atoms with Gasteiger partial charge in [0.1, 0.15) is 6.04 Å². The Kier molecular flexibility index (Phi) is 4.45. The van der Waals surface area contributed by atoms with Crippen LogP contribution in [-0.4, -0.2) is 28.0 Å². The van der Waals surface area contributed by atoms with E-state index < -0.39 is 17.9 Å². The van der Waals surface area contributed by atoms with E-state index in [1.807, 2.05) is 6.92 Å². The molecule has 3 N–H and O–H groups in total. The van der Waals surface area contributed by atoms with Gasteiger partial charge in [-0.05, 0) is 12.5 Å². The Labute approximate surface area is 97.7 Å². The van der Waals surface area contributed by atoms with E-state index in [2.05, 4.69) is 10.3 Å². The van der Waals surface area contributed by atoms with Gasteiger partial charge in [0.2, 0.25) is 5.56 Å². The summed E-state index contributed by atoms with van der Waals surface area (Å²) in [6, 6.07) is 1.66. The Morgan fingerprint density at radius 2 is 2.18 bits per heavy atom. The molecule has 0 aliphatic heterocycles. The van der Waals surface area contributed by atoms with Gasteiger partial charge in [-0.25, -0.2) is 4.79 Å². The molecule has 1 unspecified atom stereocenters. The highest BCUT2D eigenvalue weighted by Gasteiger charge is 2.19. The highest BCUT2D eigenvalue weighted by molar-refractivity contribution is 5.96. The summed E-state index contributed by atoms with van der Waals surface area (Å²) in [5.74, 6) is -1.58. The molecule has 1 aromatic rings. The van der Waals surface area contributed by atoms with Crippen molar-refractivity contribution in [1.82, 2.24) is 10.3 Å². The van der Waals surface area contributed by atoms with Crippen LogP contribution >= 0.6 is 0 Å². The van der Waals surface area contributed by atoms with Gasteiger partial charge in [0, 0.05) is 12.3 Å². The van der Waals surface area contributed by atoms with Gasteiger partial charge in [0.25, 0.3) is 5.91 Å². The minimum absolute atomic E-state index is 0.229. The lowest BCUT2D eigenvalue weighted by Crippen LogP contribution is -2.40. The van der Waals surface area contributed by atoms with Crippen molar-refractivity contribution in [3.05, 3.63) is 34.2 Å². The minimum atomic E-state index is -1.07. The molecular formula is C11H14N2O4. The first-order valence-electron chi connectivity index (χ1n) is 5.27. The number of nitrogens with one attached hydrogen (secondary N) is 2. The maximum Gasteiger partial charge on any atom is 0.326 e. The van der Waals surface area contributed by atoms with Crippen LogP contribution < -0.4 is 10.9 Å². The Hall–Kier alpha value is -2.11. The highest BCUT2D eigenvalue weighted by atomic mass is 16.4. The number of carbonyl (C=O) groups excluding carboxylic acids is 1. The van der Waals surface area contributed by atoms with Crippen molar-refractivity contribution in [2.75, 3.05) is 0 Å². The molecule has 1 aromatic heterocycles. The Morgan fingerprint density at radius 3 is 2.65 bits per heavy atom. The van der Waals surface area contributed by atoms with Crippen LogP contribution in [0.3, 0.4) is 0 Å². The number of aliphatic carboxylic acids is 1. The molecule has 0 fully saturated rings. The fourth-order valence-corrected chi connectivity index (χ4v) is 1.34. The number of pyridine rings is 1. The smallest absolute Gasteiger partial charge is 0.326 e. The van der Waals surface area contributed by atoms with E-state index >= 15 is 0 Å². The molecule has 92 valence electrons. The van der Waals surface area contributed by atoms with Crippen molar-refractivity contribution in [1.29, 1.82) is 0 Å². The molecular weight excluding hydrogens is 224 g/mol. The number of carboxylic acids is 1. The standard InChI is InChI=1S/C11H14N2O4/c1-2-3-8(11(16)17)13-10(15)7-4-5-9(14)12-6-7/h4-6,8H,2-3H2,1H3,(H,12,14)(H,13,15)(H,16,17). The summed E-state index contributed by atoms with van der Waals surface area (Å²) >= 11 is 0. The average molecular weight is 238 g/mol. The molecule has 0 bridgehead atoms. The zero-order chi connectivity index (χ0) is 12.8. The quantitative estimate of drug-likeness (QED) is 0.689. The van der Waals surface area contributed by atoms with Gasteiger partial charge in [0.15, 0.2) is 0 Å². The number of H-pyrrole nitrogens is 1. The SMILES string of the molecule is CCCC(NC(=O)c1ccc(=O)[nH]c1)C(=O)O. The van der Waals surface area contributed by atoms with Crippen LogP contribution in [0.2, 0.25) is 0 Å². The lowest BCUT2D eigenvalue weighted by molar-refractivity contribution is -0.139. The lowest BCUT2D eigenvalue weighted by atomic mass is 10.1. The van der Waals surface area contributed by atoms with Crippen LogP contribution in [0, 0.1) is 0 Å². The second-order valence-corrected chi connectivity index (χ2v) is 3.59. The van der Waals surface area contributed by atoms with E-state index in [-0.39, 0.29) is 11.1 Å². The summed E-state index contributed by atoms with van der Waals surface area (Å²) in [4.78, 5) is 35.6. The number of hydrogen-bond donors (Lipinski definition) is 3. The Morgan fingerprint density at radius 1 is 1.47 bits per heavy atom. The molecule has 0 aliphatic rings. The van der Waals surface area contributed by atoms with E-state index in [4.69, 9.17) is 5.11 Å². The molecule has 0 saturated carbocycles. The predicted molar refractivity (Wildman–Crippen MR) is 60.9 cm³/mol. The zero-order valence-electron chi connectivity index (χ0n) is 9.40. The molecule has 0 radical (unpaired) electrons. The van der Waals surface area contributed by atoms with E-state index in [9.17, 15) is 14.4 Å². The summed E-state index contributed by atoms with van der Waals surface area (Å²) in [5, 5.41) is 11.3. The second-order valence-electron chi connectivity index (χ2n) is 3.59. The maximum atomic E-state index is 11.6. The molecule has 0 aliphatic carbocycles. The first-order valence-corrected chi connectivity index (χ1v) is 5.27. The van der Waals surface area contributed by atoms with E-state index in [0.717, 1.165) is 0 Å². The van der Waals surface area contributed by atoms with E-state index in [0.29, 0.717) is 12.8 Å². The number of amides is 1. The number of rotatable bonds is 5. The van der Waals surface area contributed by atoms with Crippen LogP contribution in [0.15, 0.2) is 23.1 Å². The molecule has 6 heteroatoms. The molecule has 1 atom stereocenters. The van der Waals surface area contributed by atoms with Gasteiger partial charge in [-0.15, -0.1) is 0 Å². The van der Waals surface area contributed by atoms with Crippen molar-refractivity contribution < 1.29 is 14.7 Å². The Balaban J connectivity index is 2.73. The third-order valence-electron chi connectivity index (χ3n) is 2.23. The minimum Gasteiger partial charge on any atom is -0.480 e. The molecule has 1 amide bonds. The predicted octanol–water partition coefficient (Wildman–Crippen LogP) is 0.358. The molecule has 1 heterocycles. The second kappa shape index (κ2) is 5.83. The topological polar surface area (TPSA) is 99.3 Å². The first-order chi connectivity index (χ1) is 8.04. The summed E-state index contributed by atoms with van der Waals surface area (Å²) < 4.78 is 0. The first kappa shape index (κ1) is 13.0. The van der Waals surface area contributed by atoms with E-state index in [1.165, 1.54) is 18.3 Å². The third kappa shape index (κ3) is 3.75. The van der Waals surface area contributed by atoms with Gasteiger partial charge in [0.05, 0.1) is 5.56 Å². The number of aromatic nitrogens is 1. The summed E-state index contributed by atoms with van der Waals surface area (Å²) in [7, 11) is 0.